The normalized spacial score (nSPS) is 20.2. The summed E-state index contributed by atoms with van der Waals surface area (Å²) in [5.41, 5.74) is -4.29. The van der Waals surface area contributed by atoms with E-state index >= 15 is 19.2 Å². The van der Waals surface area contributed by atoms with Crippen molar-refractivity contribution in [1.29, 1.82) is 0 Å². The van der Waals surface area contributed by atoms with Crippen LogP contribution >= 0.6 is 69.6 Å². The molecule has 0 saturated heterocycles. The van der Waals surface area contributed by atoms with E-state index in [1.165, 1.54) is 72.8 Å². The molecule has 7 atom stereocenters. The summed E-state index contributed by atoms with van der Waals surface area (Å²) in [4.78, 5) is 132. The Morgan fingerprint density at radius 2 is 1.14 bits per heavy atom. The summed E-state index contributed by atoms with van der Waals surface area (Å²) in [6.45, 7) is 0. The maximum atomic E-state index is 15.8. The third kappa shape index (κ3) is 12.8. The van der Waals surface area contributed by atoms with Crippen LogP contribution in [0.3, 0.4) is 0 Å². The number of rotatable bonds is 9. The second-order valence-corrected chi connectivity index (χ2v) is 23.6. The molecule has 0 fully saturated rings. The highest BCUT2D eigenvalue weighted by Gasteiger charge is 2.49. The standard InChI is InChI=1S/C61H45Cl6N7O17/c1-74-42(54(82)73-47(59(87)88)24-4-7-30(75)8-5-24)12-23-2-9-31(10-3-23)91-43-21-26-13-32(49(43)77)25-6-11-33-40(20-25)69-60(89)61(33,90)22-41(68-57(85)48(76)29-18-38(66)52(80)39(67)19-29)53(81)70-45(27-14-34(62)50(78)35(63)15-27)55(83)71-44(26)56(84)72-46(58(74)86)28-16-36(64)51(79)37(65)17-28/h2-11,13-21,41-42,44-47,75,77-80,90H,12,22H2,1H3,(H,68,85)(H,69,89)(H,70,81)(H,71,83)(H,72,84)(H,73,82)(H,87,88)/t41-,42+,44-,45-,46-,47-,61+/m1/s1. The number of ketones is 1. The van der Waals surface area contributed by atoms with Gasteiger partial charge in [-0.3, -0.25) is 38.4 Å². The Kier molecular flexibility index (Phi) is 18.0. The fourth-order valence-electron chi connectivity index (χ4n) is 10.5. The Morgan fingerprint density at radius 1 is 0.626 bits per heavy atom. The molecule has 0 spiro atoms. The van der Waals surface area contributed by atoms with Crippen molar-refractivity contribution in [3.05, 3.63) is 184 Å². The summed E-state index contributed by atoms with van der Waals surface area (Å²) >= 11 is 37.9. The molecule has 9 bridgehead atoms. The highest BCUT2D eigenvalue weighted by atomic mass is 35.5. The number of likely N-dealkylation sites (N-methyl/N-ethyl adjacent to an activating group) is 1. The molecule has 0 saturated carbocycles. The molecule has 30 heteroatoms. The molecule has 0 aliphatic carbocycles. The monoisotopic (exact) mass is 1360 g/mol. The lowest BCUT2D eigenvalue weighted by Gasteiger charge is -2.33. The first-order valence-corrected chi connectivity index (χ1v) is 29.0. The quantitative estimate of drug-likeness (QED) is 0.0486. The molecule has 24 nitrogen and oxygen atoms in total. The minimum absolute atomic E-state index is 0.000399. The molecule has 7 amide bonds. The van der Waals surface area contributed by atoms with Crippen LogP contribution < -0.4 is 36.6 Å². The summed E-state index contributed by atoms with van der Waals surface area (Å²) in [6.07, 6.45) is -1.47. The molecule has 0 aromatic heterocycles. The Bertz CT molecular complexity index is 4200. The van der Waals surface area contributed by atoms with Crippen LogP contribution in [0.25, 0.3) is 11.1 Å². The van der Waals surface area contributed by atoms with Crippen LogP contribution in [0, 0.1) is 0 Å². The molecule has 0 unspecified atom stereocenters. The highest BCUT2D eigenvalue weighted by molar-refractivity contribution is 6.45. The number of carboxylic acids is 1. The van der Waals surface area contributed by atoms with E-state index in [9.17, 15) is 59.7 Å². The number of carboxylic acid groups (broad SMARTS) is 1. The van der Waals surface area contributed by atoms with Gasteiger partial charge in [-0.05, 0) is 112 Å². The van der Waals surface area contributed by atoms with E-state index in [0.717, 1.165) is 54.4 Å². The number of fused-ring (bicyclic) bond motifs is 15. The first-order valence-electron chi connectivity index (χ1n) is 26.7. The van der Waals surface area contributed by atoms with Gasteiger partial charge < -0.3 is 77.3 Å². The van der Waals surface area contributed by atoms with E-state index in [4.69, 9.17) is 74.3 Å². The number of Topliss-reactive ketones (excluding diaryl/α,β-unsaturated/α-hetero) is 1. The number of anilines is 1. The number of nitrogens with one attached hydrogen (secondary N) is 6. The van der Waals surface area contributed by atoms with Gasteiger partial charge in [0.1, 0.15) is 41.7 Å². The zero-order chi connectivity index (χ0) is 65.8. The van der Waals surface area contributed by atoms with Crippen molar-refractivity contribution in [2.24, 2.45) is 0 Å². The number of aliphatic carboxylic acids is 1. The molecule has 7 aromatic carbocycles. The summed E-state index contributed by atoms with van der Waals surface area (Å²) in [7, 11) is 1.16. The first-order chi connectivity index (χ1) is 43.0. The van der Waals surface area contributed by atoms with E-state index in [2.05, 4.69) is 31.9 Å². The van der Waals surface area contributed by atoms with Crippen LogP contribution in [0.4, 0.5) is 5.69 Å². The van der Waals surface area contributed by atoms with Gasteiger partial charge in [0, 0.05) is 42.3 Å². The van der Waals surface area contributed by atoms with Crippen LogP contribution in [0.15, 0.2) is 115 Å². The van der Waals surface area contributed by atoms with Gasteiger partial charge >= 0.3 is 5.97 Å². The fraction of sp³-hybridized carbons (Fsp3) is 0.164. The zero-order valence-corrected chi connectivity index (χ0v) is 50.8. The third-order valence-corrected chi connectivity index (χ3v) is 17.0. The largest absolute Gasteiger partial charge is 0.508 e. The van der Waals surface area contributed by atoms with Crippen molar-refractivity contribution in [2.75, 3.05) is 12.4 Å². The summed E-state index contributed by atoms with van der Waals surface area (Å²) in [5, 5.41) is 88.6. The zero-order valence-electron chi connectivity index (χ0n) is 46.3. The number of aliphatic hydroxyl groups is 1. The number of carbonyl (C=O) groups excluding carboxylic acids is 8. The SMILES string of the molecule is CN1C(=O)[C@@H](c2cc(Cl)c(O)c(Cl)c2)NC(=O)[C@@H]2NC(=O)[C@@H](c3cc(Cl)c(O)c(Cl)c3)NC(=O)[C@H](NC(=O)C(=O)c3cc(Cl)c(O)c(Cl)c3)C[C@@]3(O)C(=O)Nc4cc(ccc43)-c3cc2cc(c3O)Oc2ccc(cc2)C[C@H]1C(=O)N[C@@H](C(=O)O)c1ccc(O)cc1. The molecule has 0 radical (unpaired) electrons. The molecule has 12 rings (SSSR count). The number of nitrogens with zero attached hydrogens (tertiary/aromatic N) is 1. The average molecular weight is 1360 g/mol. The smallest absolute Gasteiger partial charge is 0.330 e. The van der Waals surface area contributed by atoms with Crippen molar-refractivity contribution in [1.82, 2.24) is 31.5 Å². The van der Waals surface area contributed by atoms with E-state index in [-0.39, 0.29) is 62.6 Å². The molecule has 5 aliphatic rings. The van der Waals surface area contributed by atoms with E-state index in [1.54, 1.807) is 0 Å². The summed E-state index contributed by atoms with van der Waals surface area (Å²) in [6, 6.07) is 10.6. The topological polar surface area (TPSA) is 380 Å². The van der Waals surface area contributed by atoms with Crippen molar-refractivity contribution in [2.45, 2.75) is 54.7 Å². The van der Waals surface area contributed by atoms with Crippen molar-refractivity contribution < 1.29 is 83.6 Å². The predicted octanol–water partition coefficient (Wildman–Crippen LogP) is 7.70. The maximum Gasteiger partial charge on any atom is 0.330 e. The number of phenolic OH excluding ortho intramolecular Hbond substituents is 5. The number of phenols is 5. The number of hydrogen-bond acceptors (Lipinski definition) is 16. The second kappa shape index (κ2) is 25.4. The van der Waals surface area contributed by atoms with Gasteiger partial charge in [0.15, 0.2) is 40.4 Å². The number of carbonyl (C=O) groups is 9. The van der Waals surface area contributed by atoms with Crippen molar-refractivity contribution in [3.8, 4) is 51.4 Å². The van der Waals surface area contributed by atoms with Crippen LogP contribution in [-0.2, 0) is 50.4 Å². The maximum absolute atomic E-state index is 15.8. The number of benzene rings is 7. The molecule has 5 heterocycles. The first kappa shape index (κ1) is 64.5. The summed E-state index contributed by atoms with van der Waals surface area (Å²) in [5.74, 6) is -15.3. The van der Waals surface area contributed by atoms with Crippen molar-refractivity contribution in [3.63, 3.8) is 0 Å². The lowest BCUT2D eigenvalue weighted by atomic mass is 9.86. The minimum Gasteiger partial charge on any atom is -0.508 e. The van der Waals surface area contributed by atoms with Crippen LogP contribution in [0.1, 0.15) is 74.3 Å². The molecule has 468 valence electrons. The Labute approximate surface area is 543 Å². The molecule has 91 heavy (non-hydrogen) atoms. The average Bonchev–Trinajstić information content (AvgIpc) is 1.63. The van der Waals surface area contributed by atoms with Gasteiger partial charge in [0.25, 0.3) is 11.8 Å². The lowest BCUT2D eigenvalue weighted by Crippen LogP contribution is -2.55. The summed E-state index contributed by atoms with van der Waals surface area (Å²) < 4.78 is 6.32. The van der Waals surface area contributed by atoms with Gasteiger partial charge in [-0.25, -0.2) is 4.79 Å². The van der Waals surface area contributed by atoms with Gasteiger partial charge in [0.05, 0.1) is 30.1 Å². The molecular formula is C61H45Cl6N7O17. The second-order valence-electron chi connectivity index (χ2n) is 21.1. The molecule has 7 aromatic rings. The molecular weight excluding hydrogens is 1320 g/mol. The molecule has 13 N–H and O–H groups in total. The van der Waals surface area contributed by atoms with Crippen LogP contribution in [-0.4, -0.2) is 113 Å². The van der Waals surface area contributed by atoms with Crippen LogP contribution in [0.5, 0.6) is 40.2 Å². The van der Waals surface area contributed by atoms with Gasteiger partial charge in [-0.1, -0.05) is 106 Å². The lowest BCUT2D eigenvalue weighted by molar-refractivity contribution is -0.145. The van der Waals surface area contributed by atoms with Gasteiger partial charge in [-0.15, -0.1) is 0 Å². The Hall–Kier alpha value is -9.53. The number of hydrogen-bond donors (Lipinski definition) is 13. The number of halogens is 6. The Morgan fingerprint density at radius 3 is 1.70 bits per heavy atom. The van der Waals surface area contributed by atoms with Gasteiger partial charge in [0.2, 0.25) is 35.3 Å². The van der Waals surface area contributed by atoms with E-state index < -0.39 is 166 Å². The number of ether oxygens (including phenoxy) is 1. The minimum atomic E-state index is -2.75. The van der Waals surface area contributed by atoms with E-state index in [0.29, 0.717) is 5.56 Å². The van der Waals surface area contributed by atoms with Gasteiger partial charge in [-0.2, -0.15) is 0 Å². The number of aromatic hydroxyl groups is 5. The van der Waals surface area contributed by atoms with E-state index in [1.807, 2.05) is 0 Å². The Balaban J connectivity index is 1.16. The number of amides is 7. The molecule has 5 aliphatic heterocycles. The van der Waals surface area contributed by atoms with Crippen molar-refractivity contribution >= 4 is 128 Å². The predicted molar refractivity (Wildman–Crippen MR) is 327 cm³/mol. The fourth-order valence-corrected chi connectivity index (χ4v) is 12.0. The van der Waals surface area contributed by atoms with Crippen LogP contribution in [0.2, 0.25) is 30.1 Å². The third-order valence-electron chi connectivity index (χ3n) is 15.3. The highest BCUT2D eigenvalue weighted by Crippen LogP contribution is 2.47.